The average molecular weight is 359 g/mol. The number of hydrogen-bond donors (Lipinski definition) is 0. The monoisotopic (exact) mass is 358 g/mol. The Balaban J connectivity index is 1.59. The molecule has 8 heteroatoms. The topological polar surface area (TPSA) is 72.1 Å². The van der Waals surface area contributed by atoms with E-state index in [-0.39, 0.29) is 18.2 Å². The number of pyridine rings is 1. The molecule has 1 unspecified atom stereocenters. The third-order valence-corrected chi connectivity index (χ3v) is 4.35. The largest absolute Gasteiger partial charge is 0.339 e. The highest BCUT2D eigenvalue weighted by Crippen LogP contribution is 2.35. The van der Waals surface area contributed by atoms with Crippen LogP contribution in [0.5, 0.6) is 0 Å². The number of rotatable bonds is 3. The Morgan fingerprint density at radius 3 is 3.00 bits per heavy atom. The lowest BCUT2D eigenvalue weighted by Gasteiger charge is -2.17. The lowest BCUT2D eigenvalue weighted by molar-refractivity contribution is -0.117. The first-order valence-corrected chi connectivity index (χ1v) is 7.99. The number of benzene rings is 1. The van der Waals surface area contributed by atoms with Crippen molar-refractivity contribution >= 4 is 23.2 Å². The number of anilines is 1. The Hall–Kier alpha value is -2.80. The number of carbonyl (C=O) groups excluding carboxylic acids is 1. The van der Waals surface area contributed by atoms with Crippen LogP contribution in [0.25, 0.3) is 11.4 Å². The Bertz CT molecular complexity index is 931. The van der Waals surface area contributed by atoms with Gasteiger partial charge in [0.15, 0.2) is 0 Å². The van der Waals surface area contributed by atoms with E-state index in [0.29, 0.717) is 29.0 Å². The van der Waals surface area contributed by atoms with Gasteiger partial charge in [-0.1, -0.05) is 16.8 Å². The van der Waals surface area contributed by atoms with Crippen molar-refractivity contribution in [2.24, 2.45) is 0 Å². The summed E-state index contributed by atoms with van der Waals surface area (Å²) in [5.41, 5.74) is 1.08. The molecule has 126 valence electrons. The van der Waals surface area contributed by atoms with Crippen LogP contribution in [0.4, 0.5) is 10.1 Å². The van der Waals surface area contributed by atoms with Crippen molar-refractivity contribution in [3.63, 3.8) is 0 Å². The highest BCUT2D eigenvalue weighted by molar-refractivity contribution is 6.33. The summed E-state index contributed by atoms with van der Waals surface area (Å²) in [4.78, 5) is 22.2. The SMILES string of the molecule is O=C1CC(c2nc(-c3cccnc3)no2)CN1c1cc(F)ccc1Cl. The predicted molar refractivity (Wildman–Crippen MR) is 88.7 cm³/mol. The van der Waals surface area contributed by atoms with Crippen LogP contribution >= 0.6 is 11.6 Å². The Morgan fingerprint density at radius 2 is 2.20 bits per heavy atom. The van der Waals surface area contributed by atoms with E-state index in [4.69, 9.17) is 16.1 Å². The van der Waals surface area contributed by atoms with E-state index in [9.17, 15) is 9.18 Å². The van der Waals surface area contributed by atoms with Crippen LogP contribution in [-0.4, -0.2) is 27.6 Å². The minimum atomic E-state index is -0.452. The van der Waals surface area contributed by atoms with Crippen LogP contribution in [-0.2, 0) is 4.79 Å². The molecule has 25 heavy (non-hydrogen) atoms. The molecule has 3 aromatic rings. The molecule has 1 amide bonds. The fourth-order valence-corrected chi connectivity index (χ4v) is 3.03. The van der Waals surface area contributed by atoms with Gasteiger partial charge >= 0.3 is 0 Å². The molecular formula is C17H12ClFN4O2. The zero-order valence-electron chi connectivity index (χ0n) is 12.9. The van der Waals surface area contributed by atoms with E-state index in [2.05, 4.69) is 15.1 Å². The summed E-state index contributed by atoms with van der Waals surface area (Å²) in [5.74, 6) is -0.115. The van der Waals surface area contributed by atoms with Gasteiger partial charge in [0.2, 0.25) is 17.6 Å². The van der Waals surface area contributed by atoms with Crippen LogP contribution in [0.1, 0.15) is 18.2 Å². The van der Waals surface area contributed by atoms with Gasteiger partial charge in [0.25, 0.3) is 0 Å². The summed E-state index contributed by atoms with van der Waals surface area (Å²) in [6.45, 7) is 0.302. The first-order chi connectivity index (χ1) is 12.1. The quantitative estimate of drug-likeness (QED) is 0.717. The molecule has 1 aliphatic heterocycles. The van der Waals surface area contributed by atoms with Gasteiger partial charge in [0.1, 0.15) is 5.82 Å². The second-order valence-corrected chi connectivity index (χ2v) is 6.11. The van der Waals surface area contributed by atoms with Crippen LogP contribution in [0, 0.1) is 5.82 Å². The van der Waals surface area contributed by atoms with E-state index >= 15 is 0 Å². The van der Waals surface area contributed by atoms with Gasteiger partial charge in [0.05, 0.1) is 16.6 Å². The Morgan fingerprint density at radius 1 is 1.32 bits per heavy atom. The second-order valence-electron chi connectivity index (χ2n) is 5.70. The zero-order valence-corrected chi connectivity index (χ0v) is 13.7. The molecule has 0 bridgehead atoms. The van der Waals surface area contributed by atoms with Crippen molar-refractivity contribution in [2.45, 2.75) is 12.3 Å². The molecule has 1 aromatic carbocycles. The number of carbonyl (C=O) groups is 1. The zero-order chi connectivity index (χ0) is 17.4. The van der Waals surface area contributed by atoms with E-state index in [0.717, 1.165) is 5.56 Å². The normalized spacial score (nSPS) is 17.3. The molecular weight excluding hydrogens is 347 g/mol. The van der Waals surface area contributed by atoms with Gasteiger partial charge in [-0.25, -0.2) is 4.39 Å². The first kappa shape index (κ1) is 15.7. The number of aromatic nitrogens is 3. The average Bonchev–Trinajstić information content (AvgIpc) is 3.25. The molecule has 6 nitrogen and oxygen atoms in total. The van der Waals surface area contributed by atoms with Crippen LogP contribution in [0.15, 0.2) is 47.2 Å². The smallest absolute Gasteiger partial charge is 0.232 e. The van der Waals surface area contributed by atoms with Crippen molar-refractivity contribution in [1.29, 1.82) is 0 Å². The maximum absolute atomic E-state index is 13.5. The molecule has 1 fully saturated rings. The van der Waals surface area contributed by atoms with Crippen molar-refractivity contribution < 1.29 is 13.7 Å². The Kier molecular flexibility index (Phi) is 3.93. The van der Waals surface area contributed by atoms with Crippen LogP contribution < -0.4 is 4.90 Å². The first-order valence-electron chi connectivity index (χ1n) is 7.61. The van der Waals surface area contributed by atoms with E-state index in [1.54, 1.807) is 18.5 Å². The molecule has 0 radical (unpaired) electrons. The van der Waals surface area contributed by atoms with E-state index in [1.165, 1.54) is 23.1 Å². The van der Waals surface area contributed by atoms with Gasteiger partial charge in [-0.3, -0.25) is 9.78 Å². The summed E-state index contributed by atoms with van der Waals surface area (Å²) in [6, 6.07) is 7.53. The van der Waals surface area contributed by atoms with E-state index < -0.39 is 5.82 Å². The van der Waals surface area contributed by atoms with Gasteiger partial charge in [-0.15, -0.1) is 0 Å². The maximum atomic E-state index is 13.5. The van der Waals surface area contributed by atoms with Crippen molar-refractivity contribution in [3.8, 4) is 11.4 Å². The summed E-state index contributed by atoms with van der Waals surface area (Å²) in [6.07, 6.45) is 3.48. The fourth-order valence-electron chi connectivity index (χ4n) is 2.81. The summed E-state index contributed by atoms with van der Waals surface area (Å²) in [5, 5.41) is 4.26. The number of nitrogens with zero attached hydrogens (tertiary/aromatic N) is 4. The van der Waals surface area contributed by atoms with E-state index in [1.807, 2.05) is 6.07 Å². The molecule has 2 aromatic heterocycles. The highest BCUT2D eigenvalue weighted by Gasteiger charge is 2.36. The minimum absolute atomic E-state index is 0.168. The summed E-state index contributed by atoms with van der Waals surface area (Å²) < 4.78 is 18.8. The number of halogens is 2. The molecule has 4 rings (SSSR count). The van der Waals surface area contributed by atoms with Gasteiger partial charge in [0, 0.05) is 30.9 Å². The molecule has 0 spiro atoms. The summed E-state index contributed by atoms with van der Waals surface area (Å²) >= 11 is 6.10. The van der Waals surface area contributed by atoms with Crippen LogP contribution in [0.3, 0.4) is 0 Å². The van der Waals surface area contributed by atoms with Gasteiger partial charge in [-0.2, -0.15) is 4.98 Å². The highest BCUT2D eigenvalue weighted by atomic mass is 35.5. The third kappa shape index (κ3) is 2.98. The molecule has 0 saturated carbocycles. The van der Waals surface area contributed by atoms with Crippen molar-refractivity contribution in [3.05, 3.63) is 59.5 Å². The lowest BCUT2D eigenvalue weighted by Crippen LogP contribution is -2.24. The van der Waals surface area contributed by atoms with Gasteiger partial charge in [-0.05, 0) is 30.3 Å². The third-order valence-electron chi connectivity index (χ3n) is 4.03. The fraction of sp³-hybridized carbons (Fsp3) is 0.176. The number of amides is 1. The maximum Gasteiger partial charge on any atom is 0.232 e. The summed E-state index contributed by atoms with van der Waals surface area (Å²) in [7, 11) is 0. The predicted octanol–water partition coefficient (Wildman–Crippen LogP) is 3.44. The molecule has 3 heterocycles. The van der Waals surface area contributed by atoms with Crippen molar-refractivity contribution in [2.75, 3.05) is 11.4 Å². The van der Waals surface area contributed by atoms with Gasteiger partial charge < -0.3 is 9.42 Å². The second kappa shape index (κ2) is 6.25. The Labute approximate surface area is 147 Å². The molecule has 0 N–H and O–H groups in total. The standard InChI is InChI=1S/C17H12ClFN4O2/c18-13-4-3-12(19)7-14(13)23-9-11(6-15(23)24)17-21-16(22-25-17)10-2-1-5-20-8-10/h1-5,7-8,11H,6,9H2. The number of hydrogen-bond acceptors (Lipinski definition) is 5. The molecule has 1 aliphatic rings. The van der Waals surface area contributed by atoms with Crippen LogP contribution in [0.2, 0.25) is 5.02 Å². The lowest BCUT2D eigenvalue weighted by atomic mass is 10.1. The van der Waals surface area contributed by atoms with Crippen molar-refractivity contribution in [1.82, 2.24) is 15.1 Å². The molecule has 1 saturated heterocycles. The minimum Gasteiger partial charge on any atom is -0.339 e. The molecule has 1 atom stereocenters. The molecule has 0 aliphatic carbocycles.